The molecular formula is C14H16N2O4. The number of nitrogens with two attached hydrogens (primary N) is 1. The van der Waals surface area contributed by atoms with Crippen molar-refractivity contribution in [2.24, 2.45) is 0 Å². The lowest BCUT2D eigenvalue weighted by molar-refractivity contribution is -0.144. The first kappa shape index (κ1) is 13.9. The predicted molar refractivity (Wildman–Crippen MR) is 74.2 cm³/mol. The molecule has 1 heterocycles. The van der Waals surface area contributed by atoms with Crippen LogP contribution in [0.3, 0.4) is 0 Å². The number of anilines is 1. The van der Waals surface area contributed by atoms with Gasteiger partial charge in [-0.25, -0.2) is 4.79 Å². The molecule has 0 spiro atoms. The fourth-order valence-electron chi connectivity index (χ4n) is 1.77. The third kappa shape index (κ3) is 2.90. The molecule has 0 saturated heterocycles. The standard InChI is InChI=1S/C14H16N2O4/c1-3-19-14(18)8(2)16-13(17)12-7-9-6-10(15)4-5-11(9)20-12/h4-8H,3,15H2,1-2H3,(H,16,17). The number of amides is 1. The monoisotopic (exact) mass is 276 g/mol. The van der Waals surface area contributed by atoms with Gasteiger partial charge >= 0.3 is 5.97 Å². The van der Waals surface area contributed by atoms with Crippen molar-refractivity contribution in [1.82, 2.24) is 5.32 Å². The number of fused-ring (bicyclic) bond motifs is 1. The minimum absolute atomic E-state index is 0.127. The molecule has 6 heteroatoms. The number of ether oxygens (including phenoxy) is 1. The molecule has 0 aliphatic heterocycles. The molecule has 0 aliphatic rings. The fraction of sp³-hybridized carbons (Fsp3) is 0.286. The van der Waals surface area contributed by atoms with Gasteiger partial charge in [-0.1, -0.05) is 0 Å². The topological polar surface area (TPSA) is 94.6 Å². The molecule has 0 radical (unpaired) electrons. The third-order valence-corrected chi connectivity index (χ3v) is 2.75. The molecule has 20 heavy (non-hydrogen) atoms. The second-order valence-corrected chi connectivity index (χ2v) is 4.36. The molecule has 0 saturated carbocycles. The number of carbonyl (C=O) groups excluding carboxylic acids is 2. The third-order valence-electron chi connectivity index (χ3n) is 2.75. The van der Waals surface area contributed by atoms with Gasteiger partial charge in [0.2, 0.25) is 0 Å². The summed E-state index contributed by atoms with van der Waals surface area (Å²) in [6.07, 6.45) is 0. The Morgan fingerprint density at radius 3 is 2.85 bits per heavy atom. The van der Waals surface area contributed by atoms with Gasteiger partial charge in [0.05, 0.1) is 6.61 Å². The van der Waals surface area contributed by atoms with Gasteiger partial charge in [-0.05, 0) is 38.1 Å². The van der Waals surface area contributed by atoms with Gasteiger partial charge in [0.25, 0.3) is 5.91 Å². The van der Waals surface area contributed by atoms with Crippen LogP contribution in [-0.2, 0) is 9.53 Å². The minimum Gasteiger partial charge on any atom is -0.464 e. The van der Waals surface area contributed by atoms with E-state index in [-0.39, 0.29) is 12.4 Å². The maximum Gasteiger partial charge on any atom is 0.328 e. The van der Waals surface area contributed by atoms with Crippen molar-refractivity contribution in [3.8, 4) is 0 Å². The van der Waals surface area contributed by atoms with Gasteiger partial charge < -0.3 is 20.2 Å². The van der Waals surface area contributed by atoms with Crippen LogP contribution in [0.1, 0.15) is 24.4 Å². The zero-order valence-corrected chi connectivity index (χ0v) is 11.3. The maximum absolute atomic E-state index is 12.0. The molecule has 106 valence electrons. The Labute approximate surface area is 115 Å². The zero-order valence-electron chi connectivity index (χ0n) is 11.3. The molecular weight excluding hydrogens is 260 g/mol. The fourth-order valence-corrected chi connectivity index (χ4v) is 1.77. The quantitative estimate of drug-likeness (QED) is 0.654. The number of nitrogens with one attached hydrogen (secondary N) is 1. The molecule has 1 unspecified atom stereocenters. The summed E-state index contributed by atoms with van der Waals surface area (Å²) in [5.41, 5.74) is 6.81. The van der Waals surface area contributed by atoms with E-state index in [0.29, 0.717) is 11.3 Å². The summed E-state index contributed by atoms with van der Waals surface area (Å²) in [6, 6.07) is 5.94. The first-order valence-corrected chi connectivity index (χ1v) is 6.28. The van der Waals surface area contributed by atoms with Crippen LogP contribution in [0.25, 0.3) is 11.0 Å². The zero-order chi connectivity index (χ0) is 14.7. The van der Waals surface area contributed by atoms with E-state index in [1.165, 1.54) is 0 Å². The van der Waals surface area contributed by atoms with Crippen molar-refractivity contribution in [1.29, 1.82) is 0 Å². The van der Waals surface area contributed by atoms with E-state index in [0.717, 1.165) is 5.39 Å². The summed E-state index contributed by atoms with van der Waals surface area (Å²) >= 11 is 0. The number of carbonyl (C=O) groups is 2. The molecule has 0 bridgehead atoms. The van der Waals surface area contributed by atoms with Crippen molar-refractivity contribution in [2.45, 2.75) is 19.9 Å². The van der Waals surface area contributed by atoms with Crippen LogP contribution < -0.4 is 11.1 Å². The van der Waals surface area contributed by atoms with Crippen LogP contribution in [0.2, 0.25) is 0 Å². The highest BCUT2D eigenvalue weighted by Gasteiger charge is 2.20. The Kier molecular flexibility index (Phi) is 3.93. The molecule has 2 aromatic rings. The van der Waals surface area contributed by atoms with Crippen LogP contribution >= 0.6 is 0 Å². The van der Waals surface area contributed by atoms with E-state index in [1.54, 1.807) is 38.1 Å². The van der Waals surface area contributed by atoms with Crippen molar-refractivity contribution in [2.75, 3.05) is 12.3 Å². The van der Waals surface area contributed by atoms with Gasteiger partial charge in [-0.3, -0.25) is 4.79 Å². The number of benzene rings is 1. The normalized spacial score (nSPS) is 12.1. The van der Waals surface area contributed by atoms with Gasteiger partial charge in [0.15, 0.2) is 5.76 Å². The van der Waals surface area contributed by atoms with E-state index < -0.39 is 17.9 Å². The average molecular weight is 276 g/mol. The summed E-state index contributed by atoms with van der Waals surface area (Å²) < 4.78 is 10.2. The Morgan fingerprint density at radius 1 is 1.40 bits per heavy atom. The van der Waals surface area contributed by atoms with Crippen molar-refractivity contribution < 1.29 is 18.7 Å². The molecule has 1 atom stereocenters. The highest BCUT2D eigenvalue weighted by atomic mass is 16.5. The Morgan fingerprint density at radius 2 is 2.15 bits per heavy atom. The first-order valence-electron chi connectivity index (χ1n) is 6.28. The van der Waals surface area contributed by atoms with Gasteiger partial charge in [-0.15, -0.1) is 0 Å². The first-order chi connectivity index (χ1) is 9.51. The molecule has 0 fully saturated rings. The van der Waals surface area contributed by atoms with E-state index in [9.17, 15) is 9.59 Å². The highest BCUT2D eigenvalue weighted by molar-refractivity contribution is 5.98. The number of hydrogen-bond acceptors (Lipinski definition) is 5. The summed E-state index contributed by atoms with van der Waals surface area (Å²) in [5.74, 6) is -0.830. The molecule has 1 aromatic carbocycles. The van der Waals surface area contributed by atoms with Crippen molar-refractivity contribution >= 4 is 28.5 Å². The van der Waals surface area contributed by atoms with Crippen LogP contribution in [0.5, 0.6) is 0 Å². The molecule has 0 aliphatic carbocycles. The lowest BCUT2D eigenvalue weighted by atomic mass is 10.2. The number of hydrogen-bond donors (Lipinski definition) is 2. The Bertz CT molecular complexity index is 648. The second-order valence-electron chi connectivity index (χ2n) is 4.36. The minimum atomic E-state index is -0.735. The van der Waals surface area contributed by atoms with E-state index in [4.69, 9.17) is 14.9 Å². The Hall–Kier alpha value is -2.50. The van der Waals surface area contributed by atoms with Crippen LogP contribution in [0, 0.1) is 0 Å². The average Bonchev–Trinajstić information content (AvgIpc) is 2.81. The summed E-state index contributed by atoms with van der Waals surface area (Å²) in [6.45, 7) is 3.52. The summed E-state index contributed by atoms with van der Waals surface area (Å²) in [4.78, 5) is 23.4. The SMILES string of the molecule is CCOC(=O)C(C)NC(=O)c1cc2cc(N)ccc2o1. The number of esters is 1. The highest BCUT2D eigenvalue weighted by Crippen LogP contribution is 2.21. The number of rotatable bonds is 4. The summed E-state index contributed by atoms with van der Waals surface area (Å²) in [5, 5.41) is 3.25. The molecule has 2 rings (SSSR count). The van der Waals surface area contributed by atoms with Gasteiger partial charge in [0.1, 0.15) is 11.6 Å². The van der Waals surface area contributed by atoms with Crippen molar-refractivity contribution in [3.63, 3.8) is 0 Å². The largest absolute Gasteiger partial charge is 0.464 e. The van der Waals surface area contributed by atoms with Crippen LogP contribution in [-0.4, -0.2) is 24.5 Å². The smallest absolute Gasteiger partial charge is 0.328 e. The molecule has 3 N–H and O–H groups in total. The van der Waals surface area contributed by atoms with Crippen LogP contribution in [0.4, 0.5) is 5.69 Å². The number of nitrogen functional groups attached to an aromatic ring is 1. The molecule has 6 nitrogen and oxygen atoms in total. The lowest BCUT2D eigenvalue weighted by Crippen LogP contribution is -2.39. The van der Waals surface area contributed by atoms with Crippen molar-refractivity contribution in [3.05, 3.63) is 30.0 Å². The lowest BCUT2D eigenvalue weighted by Gasteiger charge is -2.11. The van der Waals surface area contributed by atoms with Gasteiger partial charge in [-0.2, -0.15) is 0 Å². The molecule has 1 amide bonds. The number of furan rings is 1. The Balaban J connectivity index is 2.13. The van der Waals surface area contributed by atoms with Crippen LogP contribution in [0.15, 0.2) is 28.7 Å². The maximum atomic E-state index is 12.0. The van der Waals surface area contributed by atoms with E-state index >= 15 is 0 Å². The summed E-state index contributed by atoms with van der Waals surface area (Å²) in [7, 11) is 0. The van der Waals surface area contributed by atoms with E-state index in [2.05, 4.69) is 5.32 Å². The van der Waals surface area contributed by atoms with E-state index in [1.807, 2.05) is 0 Å². The predicted octanol–water partition coefficient (Wildman–Crippen LogP) is 1.70. The second kappa shape index (κ2) is 5.64. The molecule has 1 aromatic heterocycles. The van der Waals surface area contributed by atoms with Gasteiger partial charge in [0, 0.05) is 11.1 Å².